The monoisotopic (exact) mass is 471 g/mol. The molecule has 184 valence electrons. The second-order valence-corrected chi connectivity index (χ2v) is 9.44. The molecule has 1 aliphatic rings. The first-order chi connectivity index (χ1) is 16.0. The van der Waals surface area contributed by atoms with Crippen LogP contribution in [0.25, 0.3) is 0 Å². The number of amides is 2. The van der Waals surface area contributed by atoms with Gasteiger partial charge in [0, 0.05) is 31.7 Å². The van der Waals surface area contributed by atoms with Crippen LogP contribution in [0.2, 0.25) is 0 Å². The predicted octanol–water partition coefficient (Wildman–Crippen LogP) is 1.83. The molecule has 0 aliphatic carbocycles. The molecule has 3 N–H and O–H groups in total. The van der Waals surface area contributed by atoms with Crippen molar-refractivity contribution in [2.45, 2.75) is 40.7 Å². The van der Waals surface area contributed by atoms with Gasteiger partial charge in [0.2, 0.25) is 11.8 Å². The summed E-state index contributed by atoms with van der Waals surface area (Å²) in [5.41, 5.74) is 5.57. The molecule has 2 aromatic rings. The molecule has 2 heterocycles. The molecule has 1 fully saturated rings. The summed E-state index contributed by atoms with van der Waals surface area (Å²) in [6.45, 7) is 8.38. The number of ether oxygens (including phenoxy) is 1. The van der Waals surface area contributed by atoms with E-state index in [2.05, 4.69) is 4.98 Å². The highest BCUT2D eigenvalue weighted by Crippen LogP contribution is 2.30. The topological polar surface area (TPSA) is 131 Å². The van der Waals surface area contributed by atoms with Gasteiger partial charge in [0.1, 0.15) is 11.6 Å². The lowest BCUT2D eigenvalue weighted by Crippen LogP contribution is -2.45. The molecule has 1 aromatic heterocycles. The number of nitrogens with zero attached hydrogens (tertiary/aromatic N) is 3. The van der Waals surface area contributed by atoms with Gasteiger partial charge in [0.05, 0.1) is 13.0 Å². The molecule has 1 unspecified atom stereocenters. The summed E-state index contributed by atoms with van der Waals surface area (Å²) in [5, 5.41) is 0. The number of benzene rings is 1. The molecule has 2 amide bonds. The third-order valence-corrected chi connectivity index (χ3v) is 5.70. The van der Waals surface area contributed by atoms with E-state index in [-0.39, 0.29) is 54.7 Å². The van der Waals surface area contributed by atoms with Gasteiger partial charge in [-0.25, -0.2) is 4.79 Å². The van der Waals surface area contributed by atoms with Crippen molar-refractivity contribution in [2.24, 2.45) is 17.8 Å². The molecule has 10 nitrogen and oxygen atoms in total. The van der Waals surface area contributed by atoms with Gasteiger partial charge in [0.15, 0.2) is 5.69 Å². The van der Waals surface area contributed by atoms with E-state index in [9.17, 15) is 19.2 Å². The van der Waals surface area contributed by atoms with E-state index >= 15 is 0 Å². The molecule has 1 aromatic carbocycles. The highest BCUT2D eigenvalue weighted by atomic mass is 16.5. The zero-order chi connectivity index (χ0) is 25.2. The van der Waals surface area contributed by atoms with Gasteiger partial charge in [-0.3, -0.25) is 23.9 Å². The first-order valence-corrected chi connectivity index (χ1v) is 11.4. The summed E-state index contributed by atoms with van der Waals surface area (Å²) in [6, 6.07) is 7.03. The van der Waals surface area contributed by atoms with Crippen LogP contribution in [0.3, 0.4) is 0 Å². The van der Waals surface area contributed by atoms with E-state index in [4.69, 9.17) is 10.5 Å². The Morgan fingerprint density at radius 1 is 1.15 bits per heavy atom. The molecule has 1 aliphatic heterocycles. The van der Waals surface area contributed by atoms with Gasteiger partial charge >= 0.3 is 5.69 Å². The number of rotatable bonds is 8. The zero-order valence-corrected chi connectivity index (χ0v) is 20.3. The maximum Gasteiger partial charge on any atom is 0.330 e. The molecule has 0 saturated carbocycles. The largest absolute Gasteiger partial charge is 0.497 e. The fourth-order valence-corrected chi connectivity index (χ4v) is 4.15. The number of methoxy groups -OCH3 is 1. The quantitative estimate of drug-likeness (QED) is 0.604. The van der Waals surface area contributed by atoms with E-state index in [1.165, 1.54) is 9.47 Å². The van der Waals surface area contributed by atoms with Crippen LogP contribution in [-0.4, -0.2) is 41.6 Å². The Bertz CT molecular complexity index is 1170. The molecule has 3 rings (SSSR count). The first kappa shape index (κ1) is 25.1. The second-order valence-electron chi connectivity index (χ2n) is 9.44. The number of carbonyl (C=O) groups excluding carboxylic acids is 2. The van der Waals surface area contributed by atoms with Crippen molar-refractivity contribution in [3.8, 4) is 5.75 Å². The fourth-order valence-electron chi connectivity index (χ4n) is 4.15. The van der Waals surface area contributed by atoms with Crippen LogP contribution in [-0.2, 0) is 16.1 Å². The first-order valence-electron chi connectivity index (χ1n) is 11.4. The number of hydrogen-bond acceptors (Lipinski definition) is 6. The Hall–Kier alpha value is -3.56. The third-order valence-electron chi connectivity index (χ3n) is 5.70. The van der Waals surface area contributed by atoms with Crippen molar-refractivity contribution in [1.29, 1.82) is 0 Å². The van der Waals surface area contributed by atoms with Crippen LogP contribution < -0.4 is 31.5 Å². The number of nitrogen functional groups attached to an aromatic ring is 1. The minimum Gasteiger partial charge on any atom is -0.497 e. The minimum absolute atomic E-state index is 0.0167. The van der Waals surface area contributed by atoms with Crippen LogP contribution in [0.4, 0.5) is 17.2 Å². The molecule has 34 heavy (non-hydrogen) atoms. The Balaban J connectivity index is 1.96. The number of hydrogen-bond donors (Lipinski definition) is 2. The molecule has 1 saturated heterocycles. The van der Waals surface area contributed by atoms with E-state index in [0.29, 0.717) is 18.0 Å². The Morgan fingerprint density at radius 3 is 2.35 bits per heavy atom. The highest BCUT2D eigenvalue weighted by molar-refractivity contribution is 6.05. The summed E-state index contributed by atoms with van der Waals surface area (Å²) in [6.07, 6.45) is 0.0168. The molecule has 0 spiro atoms. The number of H-pyrrole nitrogens is 1. The van der Waals surface area contributed by atoms with Crippen molar-refractivity contribution in [2.75, 3.05) is 35.7 Å². The minimum atomic E-state index is -0.715. The van der Waals surface area contributed by atoms with Gasteiger partial charge < -0.3 is 20.3 Å². The number of anilines is 3. The summed E-state index contributed by atoms with van der Waals surface area (Å²) >= 11 is 0. The van der Waals surface area contributed by atoms with Crippen LogP contribution >= 0.6 is 0 Å². The molecule has 10 heteroatoms. The van der Waals surface area contributed by atoms with Crippen molar-refractivity contribution in [3.05, 3.63) is 45.1 Å². The lowest BCUT2D eigenvalue weighted by Gasteiger charge is -2.28. The van der Waals surface area contributed by atoms with Crippen LogP contribution in [0.1, 0.15) is 34.1 Å². The lowest BCUT2D eigenvalue weighted by molar-refractivity contribution is -0.124. The van der Waals surface area contributed by atoms with Gasteiger partial charge in [-0.05, 0) is 36.1 Å². The highest BCUT2D eigenvalue weighted by Gasteiger charge is 2.39. The third kappa shape index (κ3) is 5.16. The smallest absolute Gasteiger partial charge is 0.330 e. The Morgan fingerprint density at radius 2 is 1.79 bits per heavy atom. The molecular formula is C24H33N5O5. The van der Waals surface area contributed by atoms with Gasteiger partial charge in [-0.1, -0.05) is 27.7 Å². The standard InChI is InChI=1S/C24H33N5O5/c1-14(2)11-28(20-21(25)29(12-15(3)4)24(33)26-22(20)31)23(32)16-10-19(30)27(13-16)17-6-8-18(34-5)9-7-17/h6-9,14-16H,10-13,25H2,1-5H3,(H,26,31,33). The van der Waals surface area contributed by atoms with Crippen molar-refractivity contribution in [3.63, 3.8) is 0 Å². The van der Waals surface area contributed by atoms with Crippen LogP contribution in [0, 0.1) is 17.8 Å². The van der Waals surface area contributed by atoms with E-state index < -0.39 is 17.2 Å². The van der Waals surface area contributed by atoms with Crippen molar-refractivity contribution in [1.82, 2.24) is 9.55 Å². The number of aromatic nitrogens is 2. The summed E-state index contributed by atoms with van der Waals surface area (Å²) in [4.78, 5) is 56.8. The maximum atomic E-state index is 13.7. The average molecular weight is 472 g/mol. The molecule has 1 atom stereocenters. The number of aromatic amines is 1. The summed E-state index contributed by atoms with van der Waals surface area (Å²) < 4.78 is 6.45. The van der Waals surface area contributed by atoms with E-state index in [1.54, 1.807) is 36.3 Å². The molecule has 0 radical (unpaired) electrons. The number of nitrogens with one attached hydrogen (secondary N) is 1. The van der Waals surface area contributed by atoms with Crippen LogP contribution in [0.5, 0.6) is 5.75 Å². The lowest BCUT2D eigenvalue weighted by atomic mass is 10.1. The van der Waals surface area contributed by atoms with Gasteiger partial charge in [-0.15, -0.1) is 0 Å². The normalized spacial score (nSPS) is 15.9. The second kappa shape index (κ2) is 10.1. The predicted molar refractivity (Wildman–Crippen MR) is 131 cm³/mol. The molecular weight excluding hydrogens is 438 g/mol. The van der Waals surface area contributed by atoms with E-state index in [1.807, 2.05) is 27.7 Å². The van der Waals surface area contributed by atoms with Crippen molar-refractivity contribution >= 4 is 29.0 Å². The zero-order valence-electron chi connectivity index (χ0n) is 20.3. The molecule has 0 bridgehead atoms. The Labute approximate surface area is 198 Å². The maximum absolute atomic E-state index is 13.7. The van der Waals surface area contributed by atoms with Gasteiger partial charge in [0.25, 0.3) is 5.56 Å². The summed E-state index contributed by atoms with van der Waals surface area (Å²) in [5.74, 6) is -0.478. The average Bonchev–Trinajstić information content (AvgIpc) is 3.16. The summed E-state index contributed by atoms with van der Waals surface area (Å²) in [7, 11) is 1.56. The van der Waals surface area contributed by atoms with Gasteiger partial charge in [-0.2, -0.15) is 0 Å². The Kier molecular flexibility index (Phi) is 7.48. The SMILES string of the molecule is COc1ccc(N2CC(C(=O)N(CC(C)C)c3c(N)n(CC(C)C)c(=O)[nH]c3=O)CC2=O)cc1. The number of nitrogens with two attached hydrogens (primary N) is 1. The van der Waals surface area contributed by atoms with E-state index in [0.717, 1.165) is 0 Å². The fraction of sp³-hybridized carbons (Fsp3) is 0.500. The van der Waals surface area contributed by atoms with Crippen LogP contribution in [0.15, 0.2) is 33.9 Å². The number of carbonyl (C=O) groups is 2. The van der Waals surface area contributed by atoms with Crippen molar-refractivity contribution < 1.29 is 14.3 Å².